The molecule has 7 aromatic heterocycles. The van der Waals surface area contributed by atoms with E-state index in [9.17, 15) is 33.6 Å². The number of carboxylic acid groups (broad SMARTS) is 2. The number of ether oxygens (including phenoxy) is 3. The number of aromatic carboxylic acids is 2. The van der Waals surface area contributed by atoms with E-state index in [1.54, 1.807) is 118 Å². The van der Waals surface area contributed by atoms with Gasteiger partial charge in [-0.3, -0.25) is 18.8 Å². The molecule has 0 amide bonds. The number of rotatable bonds is 25. The summed E-state index contributed by atoms with van der Waals surface area (Å²) in [4.78, 5) is 91.6. The number of hydrogen-bond donors (Lipinski definition) is 8. The van der Waals surface area contributed by atoms with Gasteiger partial charge in [0.1, 0.15) is 53.8 Å². The quantitative estimate of drug-likeness (QED) is 0.00387. The van der Waals surface area contributed by atoms with Crippen LogP contribution in [0.3, 0.4) is 0 Å². The first-order chi connectivity index (χ1) is 44.7. The molecule has 0 atom stereocenters. The molecule has 96 heavy (non-hydrogen) atoms. The predicted molar refractivity (Wildman–Crippen MR) is 376 cm³/mol. The number of fused-ring (bicyclic) bond motifs is 1. The van der Waals surface area contributed by atoms with Crippen LogP contribution in [-0.4, -0.2) is 136 Å². The molecule has 7 heterocycles. The molecule has 7 rings (SSSR count). The van der Waals surface area contributed by atoms with Gasteiger partial charge in [0.05, 0.1) is 0 Å². The van der Waals surface area contributed by atoms with E-state index in [4.69, 9.17) is 52.0 Å². The molecule has 0 bridgehead atoms. The molecule has 3 radical (unpaired) electrons. The van der Waals surface area contributed by atoms with Crippen molar-refractivity contribution >= 4 is 87.6 Å². The minimum Gasteiger partial charge on any atom is -0.512 e. The second kappa shape index (κ2) is 60.3. The third kappa shape index (κ3) is 46.6. The van der Waals surface area contributed by atoms with Gasteiger partial charge in [0.25, 0.3) is 0 Å². The summed E-state index contributed by atoms with van der Waals surface area (Å²) in [5.41, 5.74) is 7.82. The van der Waals surface area contributed by atoms with Crippen LogP contribution in [0.1, 0.15) is 134 Å². The maximum absolute atomic E-state index is 11.7. The van der Waals surface area contributed by atoms with Crippen LogP contribution in [0.5, 0.6) is 0 Å². The summed E-state index contributed by atoms with van der Waals surface area (Å²) >= 11 is 11.9. The van der Waals surface area contributed by atoms with Crippen LogP contribution in [0.25, 0.3) is 5.52 Å². The van der Waals surface area contributed by atoms with E-state index in [0.29, 0.717) is 59.4 Å². The number of allylic oxidation sites excluding steroid dienone is 1. The SMILES string of the molecule is C=CCBr.C=CCOC(=O)c1ccc[nH]1.C=CCOC(=O)c1cccn1N.C=CCOC(=O)c1cccn1NCCC(C)C.CC(C)CCNn1cccc1C(=O)O.CC(C)CCO.CC(C)CCn1c(=O)oc(=O)c2cccn21.O=C(Cl)Cl.O=C(O)c1ccc[nH]1.[B].[C-]#N.[Na+]. The van der Waals surface area contributed by atoms with E-state index in [-0.39, 0.29) is 81.1 Å². The van der Waals surface area contributed by atoms with Crippen molar-refractivity contribution in [3.8, 4) is 0 Å². The Morgan fingerprint density at radius 1 is 0.625 bits per heavy atom. The number of alkyl halides is 1. The Bertz CT molecular complexity index is 3370. The largest absolute Gasteiger partial charge is 1.00 e. The number of nitrogens with zero attached hydrogens (tertiary/aromatic N) is 6. The van der Waals surface area contributed by atoms with Crippen molar-refractivity contribution in [1.29, 1.82) is 5.26 Å². The molecule has 0 unspecified atom stereocenters. The standard InChI is InChI=1S/C13H20N2O2.C11H14N2O3.C10H16N2O2.C8H10N2O2.C8H9NO2.C5H5NO2.C5H12O.C3H5Br.CCl2O.CN.B.Na/c1-4-10-17-13(16)12-6-5-9-15(12)14-8-7-11(2)3;1-8(2)5-7-13-11(15)16-10(14)9-4-3-6-12(9)13;1-8(2)5-6-11-12-7-3-4-9(12)10(13)14;1-2-6-12-8(11)7-4-3-5-10(7)9;1-2-6-11-8(10)7-4-3-5-9-7;7-5(8)4-2-1-3-6-4;1-5(2)3-4-6;1-2-3-4;2-1(3)4;1-2;;/h4-6,9,11,14H,1,7-8,10H2,2-3H3;3-4,6,8H,5,7H2,1-2H3;3-4,7-8,11H,5-6H2,1-2H3,(H,13,14);2-5H,1,6,9H2;2-5,9H,1,6H2;1-3,6H,(H,7,8);5-6H,3-4H2,1-2H3;2H,1,3H2;;;;/q;;;;;;;;;-1;;+1. The molecule has 0 aliphatic rings. The first-order valence-electron chi connectivity index (χ1n) is 29.1. The maximum atomic E-state index is 11.7. The van der Waals surface area contributed by atoms with Gasteiger partial charge in [0.15, 0.2) is 0 Å². The number of aryl methyl sites for hydroxylation is 1. The fraction of sp³-hybridized carbons (Fsp3) is 0.369. The number of carbonyl (C=O) groups is 6. The molecule has 7 aromatic rings. The number of esters is 3. The topological polar surface area (TPSA) is 368 Å². The van der Waals surface area contributed by atoms with Crippen molar-refractivity contribution < 1.29 is 92.3 Å². The Morgan fingerprint density at radius 2 is 1.03 bits per heavy atom. The predicted octanol–water partition coefficient (Wildman–Crippen LogP) is 8.81. The number of nitrogens with one attached hydrogen (secondary N) is 4. The molecule has 0 aliphatic heterocycles. The summed E-state index contributed by atoms with van der Waals surface area (Å²) in [6, 6.07) is 20.0. The summed E-state index contributed by atoms with van der Waals surface area (Å²) < 4.78 is 25.7. The van der Waals surface area contributed by atoms with Gasteiger partial charge in [-0.25, -0.2) is 42.8 Å². The third-order valence-corrected chi connectivity index (χ3v) is 11.3. The zero-order valence-corrected chi connectivity index (χ0v) is 61.1. The van der Waals surface area contributed by atoms with Crippen LogP contribution in [0, 0.1) is 35.5 Å². The van der Waals surface area contributed by atoms with Crippen LogP contribution < -0.4 is 57.6 Å². The Hall–Kier alpha value is -8.43. The first-order valence-corrected chi connectivity index (χ1v) is 30.9. The zero-order valence-electron chi connectivity index (χ0n) is 56.0. The first kappa shape index (κ1) is 96.3. The molecule has 521 valence electrons. The summed E-state index contributed by atoms with van der Waals surface area (Å²) in [7, 11) is 0. The van der Waals surface area contributed by atoms with E-state index in [2.05, 4.69) is 146 Å². The molecule has 31 heteroatoms. The van der Waals surface area contributed by atoms with E-state index >= 15 is 0 Å². The number of carbonyl (C=O) groups excluding carboxylic acids is 4. The second-order valence-corrected chi connectivity index (χ2v) is 21.7. The zero-order chi connectivity index (χ0) is 72.0. The maximum Gasteiger partial charge on any atom is 1.00 e. The van der Waals surface area contributed by atoms with Gasteiger partial charge >= 0.3 is 75.5 Å². The number of halogens is 3. The van der Waals surface area contributed by atoms with Crippen LogP contribution in [0.4, 0.5) is 4.79 Å². The van der Waals surface area contributed by atoms with Crippen molar-refractivity contribution in [3.05, 3.63) is 217 Å². The van der Waals surface area contributed by atoms with Crippen LogP contribution >= 0.6 is 39.1 Å². The molecule has 0 saturated heterocycles. The average molecular weight is 1450 g/mol. The van der Waals surface area contributed by atoms with Gasteiger partial charge in [-0.05, 0) is 145 Å². The monoisotopic (exact) mass is 1450 g/mol. The number of H-pyrrole nitrogens is 2. The molecule has 0 aromatic carbocycles. The fourth-order valence-corrected chi connectivity index (χ4v) is 6.30. The van der Waals surface area contributed by atoms with Gasteiger partial charge < -0.3 is 72.4 Å². The molecule has 9 N–H and O–H groups in total. The summed E-state index contributed by atoms with van der Waals surface area (Å²) in [5, 5.41) is 32.4. The Morgan fingerprint density at radius 3 is 1.40 bits per heavy atom. The third-order valence-electron chi connectivity index (χ3n) is 10.9. The molecule has 0 fully saturated rings. The normalized spacial score (nSPS) is 9.40. The van der Waals surface area contributed by atoms with Crippen LogP contribution in [0.15, 0.2) is 175 Å². The summed E-state index contributed by atoms with van der Waals surface area (Å²) in [5.74, 6) is 4.22. The van der Waals surface area contributed by atoms with Crippen molar-refractivity contribution in [2.75, 3.05) is 61.5 Å². The minimum atomic E-state index is -0.921. The smallest absolute Gasteiger partial charge is 0.512 e. The molecule has 0 spiro atoms. The number of aromatic amines is 2. The van der Waals surface area contributed by atoms with Crippen molar-refractivity contribution in [2.24, 2.45) is 23.7 Å². The molecular weight excluding hydrogens is 1360 g/mol. The fourth-order valence-electron chi connectivity index (χ4n) is 6.30. The van der Waals surface area contributed by atoms with Gasteiger partial charge in [-0.2, -0.15) is 0 Å². The Labute approximate surface area is 603 Å². The van der Waals surface area contributed by atoms with E-state index in [1.165, 1.54) is 27.6 Å². The van der Waals surface area contributed by atoms with Gasteiger partial charge in [0, 0.05) is 77.2 Å². The van der Waals surface area contributed by atoms with Gasteiger partial charge in [-0.1, -0.05) is 115 Å². The van der Waals surface area contributed by atoms with Gasteiger partial charge in [0.2, 0.25) is 0 Å². The van der Waals surface area contributed by atoms with Crippen LogP contribution in [-0.2, 0) is 20.8 Å². The van der Waals surface area contributed by atoms with Crippen molar-refractivity contribution in [2.45, 2.75) is 87.6 Å². The Kier molecular flexibility index (Phi) is 60.4. The van der Waals surface area contributed by atoms with Crippen LogP contribution in [0.2, 0.25) is 0 Å². The second-order valence-electron chi connectivity index (χ2n) is 20.2. The number of aromatic nitrogens is 7. The molecule has 0 aliphatic carbocycles. The number of nitrogen functional groups attached to an aromatic ring is 1. The number of aliphatic hydroxyl groups is 1. The number of hydrogen-bond acceptors (Lipinski definition) is 17. The van der Waals surface area contributed by atoms with Crippen molar-refractivity contribution in [3.63, 3.8) is 0 Å². The number of nitrogens with two attached hydrogens (primary N) is 1. The molecule has 0 saturated carbocycles. The molecule has 26 nitrogen and oxygen atoms in total. The minimum absolute atomic E-state index is 0. The average Bonchev–Trinajstić information content (AvgIpc) is 1.51. The summed E-state index contributed by atoms with van der Waals surface area (Å²) in [6.45, 7) is 38.6. The van der Waals surface area contributed by atoms with Crippen molar-refractivity contribution in [1.82, 2.24) is 33.2 Å². The van der Waals surface area contributed by atoms with E-state index in [0.717, 1.165) is 44.1 Å². The van der Waals surface area contributed by atoms with E-state index in [1.807, 2.05) is 12.3 Å². The number of aliphatic hydroxyl groups excluding tert-OH is 1. The summed E-state index contributed by atoms with van der Waals surface area (Å²) in [6.07, 6.45) is 20.3. The van der Waals surface area contributed by atoms with E-state index < -0.39 is 34.0 Å². The van der Waals surface area contributed by atoms with Gasteiger partial charge in [-0.15, -0.1) is 6.58 Å². The number of carboxylic acids is 2. The Balaban J connectivity index is -0.000000332. The molecular formula is C65H91BBrCl2N11NaO15.